The summed E-state index contributed by atoms with van der Waals surface area (Å²) in [5, 5.41) is 9.38. The number of hydrogen-bond acceptors (Lipinski definition) is 6. The van der Waals surface area contributed by atoms with Gasteiger partial charge in [0.15, 0.2) is 0 Å². The van der Waals surface area contributed by atoms with Gasteiger partial charge in [-0.15, -0.1) is 0 Å². The third-order valence-electron chi connectivity index (χ3n) is 4.89. The highest BCUT2D eigenvalue weighted by Crippen LogP contribution is 2.18. The van der Waals surface area contributed by atoms with Crippen LogP contribution in [0.1, 0.15) is 5.56 Å². The minimum absolute atomic E-state index is 0.0664. The number of amides is 1. The fourth-order valence-corrected chi connectivity index (χ4v) is 4.61. The number of aryl methyl sites for hydroxylation is 1. The van der Waals surface area contributed by atoms with Crippen LogP contribution in [0.4, 0.5) is 0 Å². The summed E-state index contributed by atoms with van der Waals surface area (Å²) in [6.45, 7) is 5.25. The number of carbonyl (C=O) groups is 1. The zero-order chi connectivity index (χ0) is 20.1. The monoisotopic (exact) mass is 404 g/mol. The smallest absolute Gasteiger partial charge is 0.266 e. The second kappa shape index (κ2) is 8.73. The van der Waals surface area contributed by atoms with Crippen molar-refractivity contribution in [2.24, 2.45) is 0 Å². The second-order valence-electron chi connectivity index (χ2n) is 6.81. The van der Waals surface area contributed by atoms with Gasteiger partial charge in [0.25, 0.3) is 5.91 Å². The maximum Gasteiger partial charge on any atom is 0.266 e. The topological polar surface area (TPSA) is 93.9 Å². The lowest BCUT2D eigenvalue weighted by atomic mass is 10.2. The van der Waals surface area contributed by atoms with Crippen molar-refractivity contribution in [1.82, 2.24) is 14.1 Å². The quantitative estimate of drug-likeness (QED) is 0.538. The highest BCUT2D eigenvalue weighted by molar-refractivity contribution is 7.89. The average Bonchev–Trinajstić information content (AvgIpc) is 2.73. The van der Waals surface area contributed by atoms with Gasteiger partial charge in [0.05, 0.1) is 18.1 Å². The largest absolute Gasteiger partial charge is 0.378 e. The standard InChI is InChI=1S/C19H24N4O4S/c1-16-2-4-18(5-3-16)28(25,26)23-8-6-21(7-9-23)15-17(14-20)19(24)22-10-12-27-13-11-22/h2-5,15H,6-13H2,1H3/b17-15-. The molecule has 1 amide bonds. The Morgan fingerprint density at radius 2 is 1.68 bits per heavy atom. The third kappa shape index (κ3) is 4.52. The zero-order valence-electron chi connectivity index (χ0n) is 15.9. The van der Waals surface area contributed by atoms with Crippen molar-refractivity contribution in [2.45, 2.75) is 11.8 Å². The Bertz CT molecular complexity index is 876. The number of carbonyl (C=O) groups excluding carboxylic acids is 1. The first kappa shape index (κ1) is 20.3. The van der Waals surface area contributed by atoms with Crippen LogP contribution in [0.25, 0.3) is 0 Å². The number of hydrogen-bond donors (Lipinski definition) is 0. The molecule has 0 aromatic heterocycles. The van der Waals surface area contributed by atoms with E-state index >= 15 is 0 Å². The fourth-order valence-electron chi connectivity index (χ4n) is 3.18. The summed E-state index contributed by atoms with van der Waals surface area (Å²) < 4.78 is 32.2. The zero-order valence-corrected chi connectivity index (χ0v) is 16.7. The molecule has 2 aliphatic heterocycles. The molecule has 0 aliphatic carbocycles. The van der Waals surface area contributed by atoms with E-state index in [9.17, 15) is 18.5 Å². The molecule has 28 heavy (non-hydrogen) atoms. The summed E-state index contributed by atoms with van der Waals surface area (Å²) in [6, 6.07) is 8.77. The van der Waals surface area contributed by atoms with E-state index in [1.54, 1.807) is 35.4 Å². The van der Waals surface area contributed by atoms with Gasteiger partial charge in [-0.3, -0.25) is 4.79 Å². The lowest BCUT2D eigenvalue weighted by Crippen LogP contribution is -2.47. The Morgan fingerprint density at radius 1 is 1.07 bits per heavy atom. The molecule has 2 aliphatic rings. The molecule has 2 heterocycles. The van der Waals surface area contributed by atoms with Crippen LogP contribution < -0.4 is 0 Å². The van der Waals surface area contributed by atoms with E-state index in [-0.39, 0.29) is 16.4 Å². The first-order chi connectivity index (χ1) is 13.4. The van der Waals surface area contributed by atoms with Crippen LogP contribution in [0.3, 0.4) is 0 Å². The summed E-state index contributed by atoms with van der Waals surface area (Å²) in [4.78, 5) is 16.2. The van der Waals surface area contributed by atoms with Crippen molar-refractivity contribution >= 4 is 15.9 Å². The fraction of sp³-hybridized carbons (Fsp3) is 0.474. The van der Waals surface area contributed by atoms with Gasteiger partial charge in [0.2, 0.25) is 10.0 Å². The lowest BCUT2D eigenvalue weighted by Gasteiger charge is -2.33. The van der Waals surface area contributed by atoms with Crippen molar-refractivity contribution in [2.75, 3.05) is 52.5 Å². The second-order valence-corrected chi connectivity index (χ2v) is 8.75. The van der Waals surface area contributed by atoms with E-state index in [4.69, 9.17) is 4.74 Å². The molecule has 0 atom stereocenters. The van der Waals surface area contributed by atoms with E-state index in [0.29, 0.717) is 52.5 Å². The van der Waals surface area contributed by atoms with Gasteiger partial charge in [-0.05, 0) is 19.1 Å². The molecule has 0 unspecified atom stereocenters. The summed E-state index contributed by atoms with van der Waals surface area (Å²) in [5.74, 6) is -0.305. The number of piperazine rings is 1. The summed E-state index contributed by atoms with van der Waals surface area (Å²) in [6.07, 6.45) is 1.55. The summed E-state index contributed by atoms with van der Waals surface area (Å²) in [5.41, 5.74) is 1.07. The van der Waals surface area contributed by atoms with Gasteiger partial charge in [-0.1, -0.05) is 17.7 Å². The van der Waals surface area contributed by atoms with Crippen molar-refractivity contribution in [3.05, 3.63) is 41.6 Å². The van der Waals surface area contributed by atoms with E-state index in [0.717, 1.165) is 5.56 Å². The number of morpholine rings is 1. The minimum atomic E-state index is -3.54. The molecule has 2 saturated heterocycles. The predicted octanol–water partition coefficient (Wildman–Crippen LogP) is 0.568. The molecule has 9 heteroatoms. The van der Waals surface area contributed by atoms with Gasteiger partial charge in [0, 0.05) is 45.5 Å². The first-order valence-corrected chi connectivity index (χ1v) is 10.7. The summed E-state index contributed by atoms with van der Waals surface area (Å²) >= 11 is 0. The van der Waals surface area contributed by atoms with Crippen molar-refractivity contribution in [1.29, 1.82) is 5.26 Å². The Morgan fingerprint density at radius 3 is 2.25 bits per heavy atom. The molecule has 3 rings (SSSR count). The molecule has 0 N–H and O–H groups in total. The molecule has 0 saturated carbocycles. The van der Waals surface area contributed by atoms with Gasteiger partial charge in [0.1, 0.15) is 11.6 Å². The van der Waals surface area contributed by atoms with Crippen molar-refractivity contribution in [3.8, 4) is 6.07 Å². The Balaban J connectivity index is 1.64. The number of nitriles is 1. The minimum Gasteiger partial charge on any atom is -0.378 e. The number of rotatable bonds is 4. The van der Waals surface area contributed by atoms with Crippen LogP contribution >= 0.6 is 0 Å². The van der Waals surface area contributed by atoms with Gasteiger partial charge >= 0.3 is 0 Å². The molecule has 0 radical (unpaired) electrons. The normalized spacial score (nSPS) is 19.4. The maximum atomic E-state index is 12.8. The average molecular weight is 404 g/mol. The van der Waals surface area contributed by atoms with Gasteiger partial charge in [-0.25, -0.2) is 8.42 Å². The lowest BCUT2D eigenvalue weighted by molar-refractivity contribution is -0.130. The van der Waals surface area contributed by atoms with E-state index in [2.05, 4.69) is 0 Å². The Hall–Kier alpha value is -2.41. The van der Waals surface area contributed by atoms with E-state index in [1.807, 2.05) is 17.9 Å². The molecule has 8 nitrogen and oxygen atoms in total. The number of ether oxygens (including phenoxy) is 1. The first-order valence-electron chi connectivity index (χ1n) is 9.21. The molecule has 1 aromatic carbocycles. The van der Waals surface area contributed by atoms with E-state index < -0.39 is 10.0 Å². The van der Waals surface area contributed by atoms with Crippen LogP contribution in [0.15, 0.2) is 40.9 Å². The van der Waals surface area contributed by atoms with Crippen molar-refractivity contribution in [3.63, 3.8) is 0 Å². The predicted molar refractivity (Wildman–Crippen MR) is 103 cm³/mol. The Labute approximate surface area is 165 Å². The highest BCUT2D eigenvalue weighted by atomic mass is 32.2. The number of benzene rings is 1. The highest BCUT2D eigenvalue weighted by Gasteiger charge is 2.28. The number of nitrogens with zero attached hydrogens (tertiary/aromatic N) is 4. The molecule has 2 fully saturated rings. The maximum absolute atomic E-state index is 12.8. The van der Waals surface area contributed by atoms with Gasteiger partial charge < -0.3 is 14.5 Å². The molecular weight excluding hydrogens is 380 g/mol. The van der Waals surface area contributed by atoms with Gasteiger partial charge in [-0.2, -0.15) is 9.57 Å². The molecular formula is C19H24N4O4S. The SMILES string of the molecule is Cc1ccc(S(=O)(=O)N2CCN(/C=C(/C#N)C(=O)N3CCOCC3)CC2)cc1. The van der Waals surface area contributed by atoms with Crippen molar-refractivity contribution < 1.29 is 17.9 Å². The third-order valence-corrected chi connectivity index (χ3v) is 6.81. The molecule has 0 spiro atoms. The Kier molecular flexibility index (Phi) is 6.34. The van der Waals surface area contributed by atoms with Crippen LogP contribution in [0.5, 0.6) is 0 Å². The molecule has 1 aromatic rings. The van der Waals surface area contributed by atoms with E-state index in [1.165, 1.54) is 4.31 Å². The number of sulfonamides is 1. The van der Waals surface area contributed by atoms with Crippen LogP contribution in [-0.2, 0) is 19.6 Å². The van der Waals surface area contributed by atoms with Crippen LogP contribution in [0.2, 0.25) is 0 Å². The summed E-state index contributed by atoms with van der Waals surface area (Å²) in [7, 11) is -3.54. The van der Waals surface area contributed by atoms with Crippen LogP contribution in [-0.4, -0.2) is 80.9 Å². The molecule has 150 valence electrons. The molecule has 0 bridgehead atoms. The van der Waals surface area contributed by atoms with Crippen LogP contribution in [0, 0.1) is 18.3 Å².